The molecular weight excluding hydrogens is 214 g/mol. The second-order valence-electron chi connectivity index (χ2n) is 6.84. The minimum Gasteiger partial charge on any atom is -0.444 e. The molecule has 1 amide bonds. The molecule has 0 aromatic heterocycles. The first kappa shape index (κ1) is 12.7. The van der Waals surface area contributed by atoms with Crippen molar-refractivity contribution in [3.05, 3.63) is 0 Å². The summed E-state index contributed by atoms with van der Waals surface area (Å²) in [5.74, 6) is 0.971. The molecule has 0 aliphatic heterocycles. The largest absolute Gasteiger partial charge is 0.444 e. The van der Waals surface area contributed by atoms with E-state index < -0.39 is 5.60 Å². The SMILES string of the molecule is CC(C)(C)OC(=O)NCC12CCC(CC1)CC2. The highest BCUT2D eigenvalue weighted by Crippen LogP contribution is 2.49. The first-order valence-corrected chi connectivity index (χ1v) is 6.85. The van der Waals surface area contributed by atoms with Gasteiger partial charge in [0.2, 0.25) is 0 Å². The van der Waals surface area contributed by atoms with Crippen LogP contribution >= 0.6 is 0 Å². The molecule has 98 valence electrons. The van der Waals surface area contributed by atoms with E-state index in [9.17, 15) is 4.79 Å². The molecule has 0 heterocycles. The Balaban J connectivity index is 1.79. The van der Waals surface area contributed by atoms with Crippen LogP contribution in [0.4, 0.5) is 4.79 Å². The topological polar surface area (TPSA) is 38.3 Å². The van der Waals surface area contributed by atoms with Crippen LogP contribution in [-0.4, -0.2) is 18.2 Å². The molecule has 3 saturated carbocycles. The van der Waals surface area contributed by atoms with Gasteiger partial charge < -0.3 is 10.1 Å². The van der Waals surface area contributed by atoms with Crippen LogP contribution in [0.25, 0.3) is 0 Å². The van der Waals surface area contributed by atoms with Crippen molar-refractivity contribution >= 4 is 6.09 Å². The van der Waals surface area contributed by atoms with Crippen LogP contribution < -0.4 is 5.32 Å². The number of alkyl carbamates (subject to hydrolysis) is 1. The summed E-state index contributed by atoms with van der Waals surface area (Å²) in [7, 11) is 0. The van der Waals surface area contributed by atoms with Crippen molar-refractivity contribution in [1.82, 2.24) is 5.32 Å². The second-order valence-corrected chi connectivity index (χ2v) is 6.84. The Morgan fingerprint density at radius 1 is 1.24 bits per heavy atom. The Morgan fingerprint density at radius 3 is 2.24 bits per heavy atom. The molecule has 0 saturated heterocycles. The van der Waals surface area contributed by atoms with Crippen LogP contribution in [0.15, 0.2) is 0 Å². The molecule has 0 atom stereocenters. The number of amides is 1. The summed E-state index contributed by atoms with van der Waals surface area (Å²) >= 11 is 0. The van der Waals surface area contributed by atoms with Gasteiger partial charge in [0, 0.05) is 6.54 Å². The van der Waals surface area contributed by atoms with Gasteiger partial charge in [-0.3, -0.25) is 0 Å². The Morgan fingerprint density at radius 2 is 1.76 bits per heavy atom. The Labute approximate surface area is 104 Å². The van der Waals surface area contributed by atoms with E-state index in [1.54, 1.807) is 0 Å². The van der Waals surface area contributed by atoms with Gasteiger partial charge in [-0.25, -0.2) is 4.79 Å². The van der Waals surface area contributed by atoms with E-state index in [0.29, 0.717) is 5.41 Å². The maximum Gasteiger partial charge on any atom is 0.407 e. The smallest absolute Gasteiger partial charge is 0.407 e. The standard InChI is InChI=1S/C14H25NO2/c1-13(2,3)17-12(16)15-10-14-7-4-11(5-8-14)6-9-14/h11H,4-10H2,1-3H3,(H,15,16). The summed E-state index contributed by atoms with van der Waals surface area (Å²) < 4.78 is 5.28. The fraction of sp³-hybridized carbons (Fsp3) is 0.929. The number of hydrogen-bond acceptors (Lipinski definition) is 2. The van der Waals surface area contributed by atoms with Crippen molar-refractivity contribution in [1.29, 1.82) is 0 Å². The molecule has 0 spiro atoms. The molecule has 0 radical (unpaired) electrons. The van der Waals surface area contributed by atoms with Crippen LogP contribution in [0.5, 0.6) is 0 Å². The van der Waals surface area contributed by atoms with E-state index >= 15 is 0 Å². The van der Waals surface area contributed by atoms with Crippen molar-refractivity contribution in [3.8, 4) is 0 Å². The first-order chi connectivity index (χ1) is 7.89. The molecule has 1 N–H and O–H groups in total. The summed E-state index contributed by atoms with van der Waals surface area (Å²) in [5.41, 5.74) is -0.0162. The summed E-state index contributed by atoms with van der Waals surface area (Å²) in [6.07, 6.45) is 7.66. The lowest BCUT2D eigenvalue weighted by Crippen LogP contribution is -2.44. The molecule has 0 aromatic rings. The van der Waals surface area contributed by atoms with E-state index in [1.165, 1.54) is 38.5 Å². The predicted octanol–water partition coefficient (Wildman–Crippen LogP) is 3.48. The number of hydrogen-bond donors (Lipinski definition) is 1. The fourth-order valence-electron chi connectivity index (χ4n) is 3.18. The maximum atomic E-state index is 11.6. The Bertz CT molecular complexity index is 271. The van der Waals surface area contributed by atoms with E-state index in [0.717, 1.165) is 12.5 Å². The molecule has 17 heavy (non-hydrogen) atoms. The quantitative estimate of drug-likeness (QED) is 0.801. The molecule has 3 fully saturated rings. The Kier molecular flexibility index (Phi) is 3.37. The fourth-order valence-corrected chi connectivity index (χ4v) is 3.18. The zero-order valence-corrected chi connectivity index (χ0v) is 11.3. The van der Waals surface area contributed by atoms with Crippen molar-refractivity contribution in [3.63, 3.8) is 0 Å². The van der Waals surface area contributed by atoms with Gasteiger partial charge in [0.05, 0.1) is 0 Å². The molecule has 3 aliphatic rings. The highest BCUT2D eigenvalue weighted by atomic mass is 16.6. The third-order valence-electron chi connectivity index (χ3n) is 4.26. The van der Waals surface area contributed by atoms with Crippen molar-refractivity contribution < 1.29 is 9.53 Å². The van der Waals surface area contributed by atoms with Gasteiger partial charge in [-0.2, -0.15) is 0 Å². The maximum absolute atomic E-state index is 11.6. The molecule has 3 rings (SSSR count). The normalized spacial score (nSPS) is 32.3. The van der Waals surface area contributed by atoms with E-state index in [1.807, 2.05) is 20.8 Å². The van der Waals surface area contributed by atoms with Gasteiger partial charge in [0.15, 0.2) is 0 Å². The predicted molar refractivity (Wildman–Crippen MR) is 67.9 cm³/mol. The lowest BCUT2D eigenvalue weighted by atomic mass is 9.61. The lowest BCUT2D eigenvalue weighted by molar-refractivity contribution is 0.0364. The monoisotopic (exact) mass is 239 g/mol. The minimum absolute atomic E-state index is 0.264. The lowest BCUT2D eigenvalue weighted by Gasteiger charge is -2.46. The number of fused-ring (bicyclic) bond motifs is 3. The third kappa shape index (κ3) is 3.36. The minimum atomic E-state index is -0.397. The zero-order valence-electron chi connectivity index (χ0n) is 11.3. The van der Waals surface area contributed by atoms with Crippen molar-refractivity contribution in [2.24, 2.45) is 11.3 Å². The molecular formula is C14H25NO2. The molecule has 0 aromatic carbocycles. The average Bonchev–Trinajstić information content (AvgIpc) is 2.27. The number of rotatable bonds is 2. The van der Waals surface area contributed by atoms with Gasteiger partial charge >= 0.3 is 6.09 Å². The van der Waals surface area contributed by atoms with Gasteiger partial charge in [-0.15, -0.1) is 0 Å². The van der Waals surface area contributed by atoms with Gasteiger partial charge in [0.25, 0.3) is 0 Å². The molecule has 3 heteroatoms. The number of carbonyl (C=O) groups is 1. The molecule has 3 aliphatic carbocycles. The van der Waals surface area contributed by atoms with E-state index in [-0.39, 0.29) is 6.09 Å². The highest BCUT2D eigenvalue weighted by Gasteiger charge is 2.40. The summed E-state index contributed by atoms with van der Waals surface area (Å²) in [6, 6.07) is 0. The van der Waals surface area contributed by atoms with Gasteiger partial charge in [0.1, 0.15) is 5.60 Å². The van der Waals surface area contributed by atoms with Crippen LogP contribution in [-0.2, 0) is 4.74 Å². The van der Waals surface area contributed by atoms with Crippen molar-refractivity contribution in [2.75, 3.05) is 6.54 Å². The first-order valence-electron chi connectivity index (χ1n) is 6.85. The summed E-state index contributed by atoms with van der Waals surface area (Å²) in [4.78, 5) is 11.6. The Hall–Kier alpha value is -0.730. The summed E-state index contributed by atoms with van der Waals surface area (Å²) in [5, 5.41) is 2.96. The molecule has 3 nitrogen and oxygen atoms in total. The van der Waals surface area contributed by atoms with Crippen molar-refractivity contribution in [2.45, 2.75) is 64.9 Å². The van der Waals surface area contributed by atoms with Gasteiger partial charge in [-0.05, 0) is 70.6 Å². The second kappa shape index (κ2) is 4.51. The number of ether oxygens (including phenoxy) is 1. The zero-order chi connectivity index (χ0) is 12.5. The van der Waals surface area contributed by atoms with Crippen LogP contribution in [0.2, 0.25) is 0 Å². The highest BCUT2D eigenvalue weighted by molar-refractivity contribution is 5.67. The van der Waals surface area contributed by atoms with Crippen LogP contribution in [0.1, 0.15) is 59.3 Å². The van der Waals surface area contributed by atoms with Gasteiger partial charge in [-0.1, -0.05) is 0 Å². The summed E-state index contributed by atoms with van der Waals surface area (Å²) in [6.45, 7) is 6.50. The molecule has 0 unspecified atom stereocenters. The molecule has 2 bridgehead atoms. The van der Waals surface area contributed by atoms with E-state index in [2.05, 4.69) is 5.32 Å². The van der Waals surface area contributed by atoms with Crippen LogP contribution in [0, 0.1) is 11.3 Å². The average molecular weight is 239 g/mol. The van der Waals surface area contributed by atoms with Crippen LogP contribution in [0.3, 0.4) is 0 Å². The number of carbonyl (C=O) groups excluding carboxylic acids is 1. The number of nitrogens with one attached hydrogen (secondary N) is 1. The van der Waals surface area contributed by atoms with E-state index in [4.69, 9.17) is 4.74 Å². The third-order valence-corrected chi connectivity index (χ3v) is 4.26.